The van der Waals surface area contributed by atoms with Gasteiger partial charge in [0.1, 0.15) is 5.75 Å². The number of hydrogen-bond donors (Lipinski definition) is 2. The van der Waals surface area contributed by atoms with Crippen molar-refractivity contribution in [1.82, 2.24) is 5.32 Å². The van der Waals surface area contributed by atoms with Gasteiger partial charge in [0, 0.05) is 12.1 Å². The van der Waals surface area contributed by atoms with Crippen molar-refractivity contribution in [2.24, 2.45) is 5.73 Å². The van der Waals surface area contributed by atoms with Gasteiger partial charge in [0.15, 0.2) is 6.61 Å². The molecule has 0 aliphatic heterocycles. The number of ether oxygens (including phenoxy) is 1. The first-order valence-electron chi connectivity index (χ1n) is 7.36. The first kappa shape index (κ1) is 15.3. The van der Waals surface area contributed by atoms with Gasteiger partial charge in [0.2, 0.25) is 0 Å². The lowest BCUT2D eigenvalue weighted by atomic mass is 10.0. The van der Waals surface area contributed by atoms with Crippen molar-refractivity contribution in [3.8, 4) is 5.75 Å². The average Bonchev–Trinajstić information content (AvgIpc) is 2.52. The number of hydrogen-bond acceptors (Lipinski definition) is 3. The molecule has 2 aromatic carbocycles. The Morgan fingerprint density at radius 3 is 2.81 bits per heavy atom. The number of carbonyl (C=O) groups excluding carboxylic acids is 1. The van der Waals surface area contributed by atoms with Crippen molar-refractivity contribution >= 4 is 16.7 Å². The summed E-state index contributed by atoms with van der Waals surface area (Å²) in [5.41, 5.74) is 6.78. The van der Waals surface area contributed by atoms with Crippen molar-refractivity contribution in [3.63, 3.8) is 0 Å². The van der Waals surface area contributed by atoms with Crippen molar-refractivity contribution in [3.05, 3.63) is 42.0 Å². The second kappa shape index (κ2) is 7.64. The lowest BCUT2D eigenvalue weighted by molar-refractivity contribution is -0.123. The summed E-state index contributed by atoms with van der Waals surface area (Å²) in [6, 6.07) is 12.1. The highest BCUT2D eigenvalue weighted by Gasteiger charge is 2.10. The molecule has 0 aromatic heterocycles. The molecule has 2 rings (SSSR count). The lowest BCUT2D eigenvalue weighted by Crippen LogP contribution is -2.29. The van der Waals surface area contributed by atoms with E-state index in [1.54, 1.807) is 0 Å². The molecule has 4 heteroatoms. The van der Waals surface area contributed by atoms with Gasteiger partial charge < -0.3 is 15.8 Å². The highest BCUT2D eigenvalue weighted by molar-refractivity contribution is 5.88. The van der Waals surface area contributed by atoms with E-state index in [2.05, 4.69) is 17.4 Å². The Morgan fingerprint density at radius 2 is 2.05 bits per heavy atom. The van der Waals surface area contributed by atoms with Crippen LogP contribution in [0.3, 0.4) is 0 Å². The summed E-state index contributed by atoms with van der Waals surface area (Å²) < 4.78 is 5.69. The predicted octanol–water partition coefficient (Wildman–Crippen LogP) is 2.25. The normalized spacial score (nSPS) is 10.6. The Bertz CT molecular complexity index is 611. The molecule has 0 spiro atoms. The fourth-order valence-electron chi connectivity index (χ4n) is 2.31. The second-order valence-electron chi connectivity index (χ2n) is 4.94. The molecule has 0 heterocycles. The van der Waals surface area contributed by atoms with Crippen LogP contribution in [0.15, 0.2) is 36.4 Å². The molecular weight excluding hydrogens is 264 g/mol. The van der Waals surface area contributed by atoms with Crippen LogP contribution in [0.4, 0.5) is 0 Å². The molecule has 0 fully saturated rings. The molecule has 1 amide bonds. The van der Waals surface area contributed by atoms with Gasteiger partial charge in [-0.15, -0.1) is 0 Å². The maximum absolute atomic E-state index is 11.6. The van der Waals surface area contributed by atoms with Crippen LogP contribution >= 0.6 is 0 Å². The van der Waals surface area contributed by atoms with E-state index in [9.17, 15) is 4.79 Å². The number of rotatable bonds is 7. The number of nitrogens with two attached hydrogens (primary N) is 1. The third kappa shape index (κ3) is 3.95. The first-order valence-corrected chi connectivity index (χ1v) is 7.36. The Labute approximate surface area is 125 Å². The zero-order chi connectivity index (χ0) is 15.1. The largest absolute Gasteiger partial charge is 0.483 e. The van der Waals surface area contributed by atoms with Gasteiger partial charge in [-0.3, -0.25) is 4.79 Å². The molecule has 21 heavy (non-hydrogen) atoms. The van der Waals surface area contributed by atoms with Crippen molar-refractivity contribution in [1.29, 1.82) is 0 Å². The number of carbonyl (C=O) groups is 1. The van der Waals surface area contributed by atoms with Gasteiger partial charge >= 0.3 is 0 Å². The summed E-state index contributed by atoms with van der Waals surface area (Å²) in [5, 5.41) is 5.09. The van der Waals surface area contributed by atoms with Crippen LogP contribution in [-0.4, -0.2) is 25.6 Å². The average molecular weight is 286 g/mol. The van der Waals surface area contributed by atoms with Gasteiger partial charge in [-0.25, -0.2) is 0 Å². The molecule has 0 aliphatic rings. The third-order valence-electron chi connectivity index (χ3n) is 3.32. The Hall–Kier alpha value is -2.07. The SMILES string of the molecule is CCCNC(=O)COc1ccc2ccccc2c1CCN. The summed E-state index contributed by atoms with van der Waals surface area (Å²) in [6.07, 6.45) is 1.65. The van der Waals surface area contributed by atoms with Gasteiger partial charge in [0.25, 0.3) is 5.91 Å². The summed E-state index contributed by atoms with van der Waals surface area (Å²) >= 11 is 0. The Morgan fingerprint density at radius 1 is 1.24 bits per heavy atom. The van der Waals surface area contributed by atoms with Crippen molar-refractivity contribution < 1.29 is 9.53 Å². The van der Waals surface area contributed by atoms with E-state index in [0.717, 1.165) is 34.9 Å². The number of benzene rings is 2. The summed E-state index contributed by atoms with van der Waals surface area (Å²) in [7, 11) is 0. The van der Waals surface area contributed by atoms with E-state index in [1.807, 2.05) is 31.2 Å². The molecule has 2 aromatic rings. The maximum atomic E-state index is 11.6. The minimum atomic E-state index is -0.0938. The monoisotopic (exact) mass is 286 g/mol. The fraction of sp³-hybridized carbons (Fsp3) is 0.353. The minimum Gasteiger partial charge on any atom is -0.483 e. The molecule has 0 atom stereocenters. The zero-order valence-electron chi connectivity index (χ0n) is 12.4. The molecule has 3 N–H and O–H groups in total. The molecule has 0 radical (unpaired) electrons. The van der Waals surface area contributed by atoms with E-state index >= 15 is 0 Å². The van der Waals surface area contributed by atoms with Gasteiger partial charge in [0.05, 0.1) is 0 Å². The van der Waals surface area contributed by atoms with Gasteiger partial charge in [-0.2, -0.15) is 0 Å². The summed E-state index contributed by atoms with van der Waals surface area (Å²) in [6.45, 7) is 3.28. The van der Waals surface area contributed by atoms with Crippen LogP contribution in [0, 0.1) is 0 Å². The highest BCUT2D eigenvalue weighted by Crippen LogP contribution is 2.28. The molecule has 0 saturated heterocycles. The smallest absolute Gasteiger partial charge is 0.257 e. The minimum absolute atomic E-state index is 0.0376. The third-order valence-corrected chi connectivity index (χ3v) is 3.32. The van der Waals surface area contributed by atoms with Crippen LogP contribution in [0.25, 0.3) is 10.8 Å². The lowest BCUT2D eigenvalue weighted by Gasteiger charge is -2.13. The van der Waals surface area contributed by atoms with Gasteiger partial charge in [-0.1, -0.05) is 37.3 Å². The topological polar surface area (TPSA) is 64.3 Å². The first-order chi connectivity index (χ1) is 10.3. The number of fused-ring (bicyclic) bond motifs is 1. The second-order valence-corrected chi connectivity index (χ2v) is 4.94. The molecule has 0 unspecified atom stereocenters. The van der Waals surface area contributed by atoms with Gasteiger partial charge in [-0.05, 0) is 36.2 Å². The van der Waals surface area contributed by atoms with Crippen LogP contribution in [-0.2, 0) is 11.2 Å². The number of amides is 1. The standard InChI is InChI=1S/C17H22N2O2/c1-2-11-19-17(20)12-21-16-8-7-13-5-3-4-6-14(13)15(16)9-10-18/h3-8H,2,9-12,18H2,1H3,(H,19,20). The van der Waals surface area contributed by atoms with E-state index in [4.69, 9.17) is 10.5 Å². The molecule has 112 valence electrons. The Kier molecular flexibility index (Phi) is 5.58. The molecule has 0 saturated carbocycles. The molecule has 0 aliphatic carbocycles. The van der Waals surface area contributed by atoms with E-state index < -0.39 is 0 Å². The fourth-order valence-corrected chi connectivity index (χ4v) is 2.31. The van der Waals surface area contributed by atoms with E-state index in [-0.39, 0.29) is 12.5 Å². The van der Waals surface area contributed by atoms with Crippen LogP contribution in [0.2, 0.25) is 0 Å². The number of nitrogens with one attached hydrogen (secondary N) is 1. The molecular formula is C17H22N2O2. The maximum Gasteiger partial charge on any atom is 0.257 e. The van der Waals surface area contributed by atoms with Crippen LogP contribution < -0.4 is 15.8 Å². The summed E-state index contributed by atoms with van der Waals surface area (Å²) in [4.78, 5) is 11.6. The van der Waals surface area contributed by atoms with Crippen LogP contribution in [0.1, 0.15) is 18.9 Å². The van der Waals surface area contributed by atoms with E-state index in [1.165, 1.54) is 0 Å². The molecule has 4 nitrogen and oxygen atoms in total. The van der Waals surface area contributed by atoms with Crippen LogP contribution in [0.5, 0.6) is 5.75 Å². The zero-order valence-corrected chi connectivity index (χ0v) is 12.4. The molecule has 0 bridgehead atoms. The van der Waals surface area contributed by atoms with Crippen molar-refractivity contribution in [2.75, 3.05) is 19.7 Å². The van der Waals surface area contributed by atoms with Crippen molar-refractivity contribution in [2.45, 2.75) is 19.8 Å². The van der Waals surface area contributed by atoms with E-state index in [0.29, 0.717) is 13.1 Å². The Balaban J connectivity index is 2.18. The quantitative estimate of drug-likeness (QED) is 0.820. The predicted molar refractivity (Wildman–Crippen MR) is 85.5 cm³/mol. The summed E-state index contributed by atoms with van der Waals surface area (Å²) in [5.74, 6) is 0.648. The highest BCUT2D eigenvalue weighted by atomic mass is 16.5.